The number of alkyl halides is 3. The Morgan fingerprint density at radius 3 is 2.71 bits per heavy atom. The molecule has 13 heteroatoms. The molecular formula is C22H19F4N7O2. The Bertz CT molecular complexity index is 1520. The first-order valence-corrected chi connectivity index (χ1v) is 10.4. The van der Waals surface area contributed by atoms with E-state index in [0.717, 1.165) is 0 Å². The van der Waals surface area contributed by atoms with Crippen molar-refractivity contribution >= 4 is 17.5 Å². The number of fused-ring (bicyclic) bond motifs is 1. The van der Waals surface area contributed by atoms with E-state index in [-0.39, 0.29) is 34.8 Å². The van der Waals surface area contributed by atoms with Crippen molar-refractivity contribution in [3.05, 3.63) is 80.1 Å². The highest BCUT2D eigenvalue weighted by atomic mass is 19.4. The number of halogens is 4. The standard InChI is InChI=1S/C22H19F4N7O2/c1-11(4-12-5-15(23)13(8-27)16(6-12)29-10-22(24,25)26)18-7-17(31-19-2-3-30-33(18)19)14-9-28-21(35)32-20(14)34/h2-3,5-9,11,27,29H,4,10H2,1H3,(H2,28,32,34,35). The summed E-state index contributed by atoms with van der Waals surface area (Å²) in [4.78, 5) is 32.6. The van der Waals surface area contributed by atoms with Crippen molar-refractivity contribution in [3.63, 3.8) is 0 Å². The van der Waals surface area contributed by atoms with Gasteiger partial charge >= 0.3 is 11.9 Å². The Morgan fingerprint density at radius 2 is 2.03 bits per heavy atom. The Hall–Kier alpha value is -4.29. The largest absolute Gasteiger partial charge is 0.405 e. The summed E-state index contributed by atoms with van der Waals surface area (Å²) in [7, 11) is 0. The van der Waals surface area contributed by atoms with Crippen molar-refractivity contribution in [1.82, 2.24) is 24.6 Å². The van der Waals surface area contributed by atoms with E-state index in [4.69, 9.17) is 5.41 Å². The lowest BCUT2D eigenvalue weighted by molar-refractivity contribution is -0.115. The molecule has 0 bridgehead atoms. The van der Waals surface area contributed by atoms with Crippen LogP contribution in [0.1, 0.15) is 29.7 Å². The Labute approximate surface area is 194 Å². The summed E-state index contributed by atoms with van der Waals surface area (Å²) in [5.41, 5.74) is 0.108. The van der Waals surface area contributed by atoms with E-state index in [1.165, 1.54) is 24.5 Å². The van der Waals surface area contributed by atoms with Gasteiger partial charge in [-0.05, 0) is 30.2 Å². The van der Waals surface area contributed by atoms with E-state index in [9.17, 15) is 27.2 Å². The molecule has 1 atom stereocenters. The van der Waals surface area contributed by atoms with Crippen LogP contribution in [0.2, 0.25) is 0 Å². The quantitative estimate of drug-likeness (QED) is 0.234. The normalized spacial score (nSPS) is 12.6. The number of nitrogens with one attached hydrogen (secondary N) is 4. The zero-order chi connectivity index (χ0) is 25.3. The molecule has 0 fully saturated rings. The minimum atomic E-state index is -4.52. The maximum atomic E-state index is 14.6. The first-order chi connectivity index (χ1) is 16.6. The summed E-state index contributed by atoms with van der Waals surface area (Å²) < 4.78 is 54.2. The van der Waals surface area contributed by atoms with Crippen molar-refractivity contribution in [3.8, 4) is 11.3 Å². The van der Waals surface area contributed by atoms with Crippen LogP contribution in [0.3, 0.4) is 0 Å². The smallest absolute Gasteiger partial charge is 0.376 e. The maximum absolute atomic E-state index is 14.6. The molecule has 3 aromatic heterocycles. The van der Waals surface area contributed by atoms with E-state index in [0.29, 0.717) is 23.1 Å². The summed E-state index contributed by atoms with van der Waals surface area (Å²) in [5, 5.41) is 13.8. The van der Waals surface area contributed by atoms with Crippen LogP contribution in [-0.2, 0) is 6.42 Å². The molecule has 0 saturated heterocycles. The van der Waals surface area contributed by atoms with Gasteiger partial charge in [-0.25, -0.2) is 18.7 Å². The molecule has 0 aliphatic rings. The van der Waals surface area contributed by atoms with Gasteiger partial charge in [-0.3, -0.25) is 9.78 Å². The third-order valence-corrected chi connectivity index (χ3v) is 5.34. The van der Waals surface area contributed by atoms with Gasteiger partial charge in [-0.1, -0.05) is 6.92 Å². The second kappa shape index (κ2) is 9.16. The van der Waals surface area contributed by atoms with E-state index < -0.39 is 29.8 Å². The highest BCUT2D eigenvalue weighted by molar-refractivity contribution is 5.86. The molecule has 9 nitrogen and oxygen atoms in total. The lowest BCUT2D eigenvalue weighted by Gasteiger charge is -2.17. The molecule has 1 unspecified atom stereocenters. The predicted octanol–water partition coefficient (Wildman–Crippen LogP) is 3.23. The van der Waals surface area contributed by atoms with Gasteiger partial charge in [0, 0.05) is 35.8 Å². The van der Waals surface area contributed by atoms with Gasteiger partial charge in [-0.15, -0.1) is 0 Å². The van der Waals surface area contributed by atoms with Crippen molar-refractivity contribution in [1.29, 1.82) is 5.41 Å². The molecule has 0 aliphatic carbocycles. The van der Waals surface area contributed by atoms with Crippen LogP contribution < -0.4 is 16.6 Å². The zero-order valence-corrected chi connectivity index (χ0v) is 18.2. The molecule has 4 aromatic rings. The molecule has 4 rings (SSSR count). The number of hydrogen-bond acceptors (Lipinski definition) is 6. The number of H-pyrrole nitrogens is 2. The van der Waals surface area contributed by atoms with Crippen molar-refractivity contribution in [2.75, 3.05) is 11.9 Å². The molecule has 0 saturated carbocycles. The van der Waals surface area contributed by atoms with Gasteiger partial charge in [0.25, 0.3) is 5.56 Å². The van der Waals surface area contributed by atoms with Crippen molar-refractivity contribution in [2.24, 2.45) is 0 Å². The van der Waals surface area contributed by atoms with E-state index >= 15 is 0 Å². The minimum absolute atomic E-state index is 0.127. The SMILES string of the molecule is CC(Cc1cc(F)c(C=N)c(NCC(F)(F)F)c1)c1cc(-c2c[nH]c(=O)[nH]c2=O)nc2ccnn12. The number of benzene rings is 1. The van der Waals surface area contributed by atoms with E-state index in [2.05, 4.69) is 25.4 Å². The van der Waals surface area contributed by atoms with Crippen LogP contribution >= 0.6 is 0 Å². The van der Waals surface area contributed by atoms with Gasteiger partial charge < -0.3 is 15.7 Å². The first-order valence-electron chi connectivity index (χ1n) is 10.4. The fourth-order valence-electron chi connectivity index (χ4n) is 3.76. The molecule has 182 valence electrons. The summed E-state index contributed by atoms with van der Waals surface area (Å²) in [6, 6.07) is 5.78. The minimum Gasteiger partial charge on any atom is -0.376 e. The highest BCUT2D eigenvalue weighted by Crippen LogP contribution is 2.28. The number of aromatic nitrogens is 5. The number of hydrogen-bond donors (Lipinski definition) is 4. The number of nitrogens with zero attached hydrogens (tertiary/aromatic N) is 3. The predicted molar refractivity (Wildman–Crippen MR) is 121 cm³/mol. The molecule has 35 heavy (non-hydrogen) atoms. The van der Waals surface area contributed by atoms with Gasteiger partial charge in [0.1, 0.15) is 12.4 Å². The second-order valence-electron chi connectivity index (χ2n) is 7.91. The average Bonchev–Trinajstić information content (AvgIpc) is 3.25. The Kier molecular flexibility index (Phi) is 6.24. The van der Waals surface area contributed by atoms with Crippen LogP contribution in [0.5, 0.6) is 0 Å². The third-order valence-electron chi connectivity index (χ3n) is 5.34. The van der Waals surface area contributed by atoms with Crippen LogP contribution in [0.25, 0.3) is 16.9 Å². The number of rotatable bonds is 7. The molecule has 0 spiro atoms. The molecule has 1 aromatic carbocycles. The first kappa shape index (κ1) is 23.9. The average molecular weight is 489 g/mol. The van der Waals surface area contributed by atoms with Gasteiger partial charge in [0.15, 0.2) is 5.65 Å². The fourth-order valence-corrected chi connectivity index (χ4v) is 3.76. The topological polar surface area (TPSA) is 132 Å². The third kappa shape index (κ3) is 5.13. The van der Waals surface area contributed by atoms with Gasteiger partial charge in [-0.2, -0.15) is 18.3 Å². The molecule has 4 N–H and O–H groups in total. The molecule has 3 heterocycles. The van der Waals surface area contributed by atoms with Crippen molar-refractivity contribution in [2.45, 2.75) is 25.4 Å². The van der Waals surface area contributed by atoms with Crippen LogP contribution in [-0.4, -0.2) is 43.5 Å². The Morgan fingerprint density at radius 1 is 1.26 bits per heavy atom. The molecule has 0 aliphatic heterocycles. The Balaban J connectivity index is 1.72. The zero-order valence-electron chi connectivity index (χ0n) is 18.2. The lowest BCUT2D eigenvalue weighted by atomic mass is 9.95. The number of anilines is 1. The maximum Gasteiger partial charge on any atom is 0.405 e. The van der Waals surface area contributed by atoms with Gasteiger partial charge in [0.05, 0.1) is 23.0 Å². The van der Waals surface area contributed by atoms with Crippen LogP contribution in [0.4, 0.5) is 23.2 Å². The monoisotopic (exact) mass is 489 g/mol. The molecule has 0 radical (unpaired) electrons. The highest BCUT2D eigenvalue weighted by Gasteiger charge is 2.27. The summed E-state index contributed by atoms with van der Waals surface area (Å²) in [6.07, 6.45) is -0.897. The van der Waals surface area contributed by atoms with Gasteiger partial charge in [0.2, 0.25) is 0 Å². The van der Waals surface area contributed by atoms with E-state index in [1.807, 2.05) is 6.92 Å². The molecule has 0 amide bonds. The molecular weight excluding hydrogens is 470 g/mol. The summed E-state index contributed by atoms with van der Waals surface area (Å²) >= 11 is 0. The summed E-state index contributed by atoms with van der Waals surface area (Å²) in [5.74, 6) is -1.17. The van der Waals surface area contributed by atoms with Crippen LogP contribution in [0, 0.1) is 11.2 Å². The van der Waals surface area contributed by atoms with Crippen LogP contribution in [0.15, 0.2) is 46.2 Å². The fraction of sp³-hybridized carbons (Fsp3) is 0.227. The van der Waals surface area contributed by atoms with E-state index in [1.54, 1.807) is 16.6 Å². The second-order valence-corrected chi connectivity index (χ2v) is 7.91. The summed E-state index contributed by atoms with van der Waals surface area (Å²) in [6.45, 7) is 0.435. The van der Waals surface area contributed by atoms with Crippen molar-refractivity contribution < 1.29 is 17.6 Å². The number of aromatic amines is 2. The lowest BCUT2D eigenvalue weighted by Crippen LogP contribution is -2.23.